The van der Waals surface area contributed by atoms with E-state index >= 15 is 0 Å². The van der Waals surface area contributed by atoms with E-state index in [1.165, 1.54) is 24.3 Å². The summed E-state index contributed by atoms with van der Waals surface area (Å²) in [5.41, 5.74) is -0.426. The molecule has 0 aliphatic heterocycles. The van der Waals surface area contributed by atoms with E-state index in [4.69, 9.17) is 9.15 Å². The summed E-state index contributed by atoms with van der Waals surface area (Å²) in [6, 6.07) is 5.55. The lowest BCUT2D eigenvalue weighted by Gasteiger charge is -2.02. The predicted octanol–water partition coefficient (Wildman–Crippen LogP) is 1.90. The number of hydrogen-bond donors (Lipinski definition) is 0. The number of rotatable bonds is 5. The first-order valence-electron chi connectivity index (χ1n) is 5.83. The standard InChI is InChI=1S/C12H11N3O5/c1-2-10-13-14-11(20-10)7-19-12(16)8-5-3-4-6-9(8)15(17)18/h3-6H,2,7H2,1H3. The number of nitro groups is 1. The fraction of sp³-hybridized carbons (Fsp3) is 0.250. The first kappa shape index (κ1) is 13.7. The second-order valence-electron chi connectivity index (χ2n) is 3.79. The third-order valence-electron chi connectivity index (χ3n) is 2.46. The van der Waals surface area contributed by atoms with Crippen LogP contribution in [0.1, 0.15) is 29.1 Å². The first-order chi connectivity index (χ1) is 9.61. The molecule has 8 nitrogen and oxygen atoms in total. The molecule has 8 heteroatoms. The van der Waals surface area contributed by atoms with E-state index in [-0.39, 0.29) is 23.7 Å². The predicted molar refractivity (Wildman–Crippen MR) is 65.9 cm³/mol. The molecule has 2 aromatic rings. The molecule has 0 amide bonds. The number of nitro benzene ring substituents is 1. The Morgan fingerprint density at radius 2 is 2.05 bits per heavy atom. The van der Waals surface area contributed by atoms with E-state index < -0.39 is 10.9 Å². The molecular weight excluding hydrogens is 266 g/mol. The van der Waals surface area contributed by atoms with Crippen LogP contribution < -0.4 is 0 Å². The Balaban J connectivity index is 2.07. The fourth-order valence-electron chi connectivity index (χ4n) is 1.50. The minimum atomic E-state index is -0.812. The van der Waals surface area contributed by atoms with Crippen LogP contribution >= 0.6 is 0 Å². The summed E-state index contributed by atoms with van der Waals surface area (Å²) in [6.07, 6.45) is 0.575. The number of nitrogens with zero attached hydrogens (tertiary/aromatic N) is 3. The maximum atomic E-state index is 11.8. The van der Waals surface area contributed by atoms with Crippen LogP contribution in [-0.2, 0) is 17.8 Å². The zero-order chi connectivity index (χ0) is 14.5. The average molecular weight is 277 g/mol. The summed E-state index contributed by atoms with van der Waals surface area (Å²) in [7, 11) is 0. The molecule has 2 rings (SSSR count). The summed E-state index contributed by atoms with van der Waals surface area (Å²) in [4.78, 5) is 22.0. The van der Waals surface area contributed by atoms with Crippen molar-refractivity contribution in [2.45, 2.75) is 20.0 Å². The van der Waals surface area contributed by atoms with Gasteiger partial charge in [-0.25, -0.2) is 4.79 Å². The molecule has 104 valence electrons. The minimum Gasteiger partial charge on any atom is -0.452 e. The van der Waals surface area contributed by atoms with Crippen LogP contribution in [-0.4, -0.2) is 21.1 Å². The molecule has 0 aliphatic rings. The van der Waals surface area contributed by atoms with Gasteiger partial charge in [-0.3, -0.25) is 10.1 Å². The van der Waals surface area contributed by atoms with Crippen LogP contribution in [0.25, 0.3) is 0 Å². The molecule has 0 bridgehead atoms. The lowest BCUT2D eigenvalue weighted by atomic mass is 10.2. The Kier molecular flexibility index (Phi) is 4.04. The van der Waals surface area contributed by atoms with Crippen molar-refractivity contribution in [3.8, 4) is 0 Å². The number of ether oxygens (including phenoxy) is 1. The molecule has 1 aromatic heterocycles. The van der Waals surface area contributed by atoms with Gasteiger partial charge in [0, 0.05) is 12.5 Å². The van der Waals surface area contributed by atoms with Crippen LogP contribution in [0.5, 0.6) is 0 Å². The molecular formula is C12H11N3O5. The summed E-state index contributed by atoms with van der Waals surface area (Å²) in [5.74, 6) is -0.232. The maximum Gasteiger partial charge on any atom is 0.345 e. The van der Waals surface area contributed by atoms with Gasteiger partial charge in [-0.2, -0.15) is 0 Å². The van der Waals surface area contributed by atoms with Gasteiger partial charge < -0.3 is 9.15 Å². The van der Waals surface area contributed by atoms with Crippen molar-refractivity contribution < 1.29 is 18.9 Å². The Morgan fingerprint density at radius 1 is 1.35 bits per heavy atom. The molecule has 0 aliphatic carbocycles. The van der Waals surface area contributed by atoms with Crippen LogP contribution in [0.3, 0.4) is 0 Å². The normalized spacial score (nSPS) is 10.2. The molecule has 0 saturated heterocycles. The minimum absolute atomic E-state index is 0.118. The van der Waals surface area contributed by atoms with Crippen LogP contribution in [0, 0.1) is 10.1 Å². The Bertz CT molecular complexity index is 638. The highest BCUT2D eigenvalue weighted by molar-refractivity contribution is 5.93. The highest BCUT2D eigenvalue weighted by Crippen LogP contribution is 2.19. The van der Waals surface area contributed by atoms with E-state index in [0.717, 1.165) is 0 Å². The summed E-state index contributed by atoms with van der Waals surface area (Å²) in [6.45, 7) is 1.62. The Morgan fingerprint density at radius 3 is 2.70 bits per heavy atom. The second-order valence-corrected chi connectivity index (χ2v) is 3.79. The third kappa shape index (κ3) is 2.97. The lowest BCUT2D eigenvalue weighted by Crippen LogP contribution is -2.08. The Hall–Kier alpha value is -2.77. The largest absolute Gasteiger partial charge is 0.452 e. The number of esters is 1. The summed E-state index contributed by atoms with van der Waals surface area (Å²) >= 11 is 0. The summed E-state index contributed by atoms with van der Waals surface area (Å²) < 4.78 is 10.1. The molecule has 0 atom stereocenters. The molecule has 0 saturated carbocycles. The number of aryl methyl sites for hydroxylation is 1. The second kappa shape index (κ2) is 5.91. The molecule has 1 aromatic carbocycles. The third-order valence-corrected chi connectivity index (χ3v) is 2.46. The highest BCUT2D eigenvalue weighted by Gasteiger charge is 2.21. The molecule has 20 heavy (non-hydrogen) atoms. The molecule has 1 heterocycles. The van der Waals surface area contributed by atoms with Crippen LogP contribution in [0.4, 0.5) is 5.69 Å². The zero-order valence-electron chi connectivity index (χ0n) is 10.6. The van der Waals surface area contributed by atoms with Gasteiger partial charge in [-0.05, 0) is 6.07 Å². The monoisotopic (exact) mass is 277 g/mol. The zero-order valence-corrected chi connectivity index (χ0v) is 10.6. The molecule has 0 unspecified atom stereocenters. The number of carbonyl (C=O) groups excluding carboxylic acids is 1. The summed E-state index contributed by atoms with van der Waals surface area (Å²) in [5, 5.41) is 18.2. The number of para-hydroxylation sites is 1. The van der Waals surface area contributed by atoms with Crippen molar-refractivity contribution in [1.82, 2.24) is 10.2 Å². The van der Waals surface area contributed by atoms with Crippen molar-refractivity contribution in [3.05, 3.63) is 51.7 Å². The number of hydrogen-bond acceptors (Lipinski definition) is 7. The van der Waals surface area contributed by atoms with E-state index in [1.54, 1.807) is 0 Å². The van der Waals surface area contributed by atoms with Gasteiger partial charge in [0.2, 0.25) is 5.89 Å². The lowest BCUT2D eigenvalue weighted by molar-refractivity contribution is -0.385. The molecule has 0 spiro atoms. The van der Waals surface area contributed by atoms with Gasteiger partial charge in [-0.1, -0.05) is 19.1 Å². The fourth-order valence-corrected chi connectivity index (χ4v) is 1.50. The molecule has 0 fully saturated rings. The van der Waals surface area contributed by atoms with Crippen LogP contribution in [0.2, 0.25) is 0 Å². The first-order valence-corrected chi connectivity index (χ1v) is 5.83. The van der Waals surface area contributed by atoms with Gasteiger partial charge in [0.15, 0.2) is 6.61 Å². The topological polar surface area (TPSA) is 108 Å². The van der Waals surface area contributed by atoms with Gasteiger partial charge in [0.25, 0.3) is 11.6 Å². The molecule has 0 N–H and O–H groups in total. The van der Waals surface area contributed by atoms with Gasteiger partial charge in [0.1, 0.15) is 5.56 Å². The van der Waals surface area contributed by atoms with Gasteiger partial charge in [-0.15, -0.1) is 10.2 Å². The van der Waals surface area contributed by atoms with Crippen molar-refractivity contribution in [3.63, 3.8) is 0 Å². The highest BCUT2D eigenvalue weighted by atomic mass is 16.6. The van der Waals surface area contributed by atoms with Crippen LogP contribution in [0.15, 0.2) is 28.7 Å². The SMILES string of the molecule is CCc1nnc(COC(=O)c2ccccc2[N+](=O)[O-])o1. The Labute approximate surface area is 113 Å². The molecule has 0 radical (unpaired) electrons. The number of carbonyl (C=O) groups is 1. The van der Waals surface area contributed by atoms with Crippen molar-refractivity contribution >= 4 is 11.7 Å². The van der Waals surface area contributed by atoms with Gasteiger partial charge in [0.05, 0.1) is 4.92 Å². The van der Waals surface area contributed by atoms with Gasteiger partial charge >= 0.3 is 5.97 Å². The van der Waals surface area contributed by atoms with E-state index in [0.29, 0.717) is 12.3 Å². The van der Waals surface area contributed by atoms with Crippen molar-refractivity contribution in [2.75, 3.05) is 0 Å². The van der Waals surface area contributed by atoms with E-state index in [9.17, 15) is 14.9 Å². The van der Waals surface area contributed by atoms with Crippen molar-refractivity contribution in [2.24, 2.45) is 0 Å². The van der Waals surface area contributed by atoms with E-state index in [2.05, 4.69) is 10.2 Å². The average Bonchev–Trinajstić information content (AvgIpc) is 2.92. The number of aromatic nitrogens is 2. The van der Waals surface area contributed by atoms with E-state index in [1.807, 2.05) is 6.92 Å². The maximum absolute atomic E-state index is 11.8. The van der Waals surface area contributed by atoms with Crippen molar-refractivity contribution in [1.29, 1.82) is 0 Å². The quantitative estimate of drug-likeness (QED) is 0.466. The number of benzene rings is 1. The smallest absolute Gasteiger partial charge is 0.345 e.